The van der Waals surface area contributed by atoms with Gasteiger partial charge in [-0.05, 0) is 0 Å². The molecule has 0 nitrogen and oxygen atoms in total. The molecule has 2 aliphatic carbocycles. The Balaban J connectivity index is 1.86. The second kappa shape index (κ2) is 14.0. The summed E-state index contributed by atoms with van der Waals surface area (Å²) in [6, 6.07) is 12.8. The molecule has 0 saturated heterocycles. The Labute approximate surface area is 324 Å². The Bertz CT molecular complexity index is 2060. The molecule has 0 aromatic heterocycles. The molecule has 56 heavy (non-hydrogen) atoms. The van der Waals surface area contributed by atoms with Gasteiger partial charge in [0.15, 0.2) is 0 Å². The van der Waals surface area contributed by atoms with Crippen LogP contribution in [0.15, 0.2) is 97.1 Å². The monoisotopic (exact) mass is 870 g/mol. The second-order valence-corrected chi connectivity index (χ2v) is 22.8. The van der Waals surface area contributed by atoms with E-state index in [0.717, 1.165) is 22.3 Å². The average Bonchev–Trinajstić information content (AvgIpc) is 3.71. The summed E-state index contributed by atoms with van der Waals surface area (Å²) in [6.07, 6.45) is -14.8. The van der Waals surface area contributed by atoms with Crippen molar-refractivity contribution in [2.24, 2.45) is 0 Å². The van der Waals surface area contributed by atoms with Crippen molar-refractivity contribution in [3.63, 3.8) is 0 Å². The molecule has 0 fully saturated rings. The van der Waals surface area contributed by atoms with Gasteiger partial charge >= 0.3 is 325 Å². The van der Waals surface area contributed by atoms with Crippen molar-refractivity contribution >= 4 is 3.21 Å². The molecule has 0 atom stereocenters. The van der Waals surface area contributed by atoms with Crippen LogP contribution in [-0.2, 0) is 56.8 Å². The summed E-state index contributed by atoms with van der Waals surface area (Å²) < 4.78 is 171. The van der Waals surface area contributed by atoms with E-state index in [1.54, 1.807) is 24.3 Å². The van der Waals surface area contributed by atoms with Crippen LogP contribution in [0.1, 0.15) is 101 Å². The maximum atomic E-state index is 14.4. The molecule has 2 aliphatic rings. The van der Waals surface area contributed by atoms with E-state index in [9.17, 15) is 52.7 Å². The number of allylic oxidation sites excluding steroid dienone is 4. The molecule has 0 unspecified atom stereocenters. The molecule has 13 heteroatoms. The zero-order valence-electron chi connectivity index (χ0n) is 30.9. The average molecular weight is 872 g/mol. The molecule has 0 saturated carbocycles. The third-order valence-electron chi connectivity index (χ3n) is 10.2. The number of rotatable bonds is 4. The van der Waals surface area contributed by atoms with E-state index in [1.807, 2.05) is 77.9 Å². The predicted octanol–water partition coefficient (Wildman–Crippen LogP) is 14.2. The third kappa shape index (κ3) is 8.30. The molecule has 4 aromatic carbocycles. The molecule has 4 aromatic rings. The topological polar surface area (TPSA) is 0 Å². The van der Waals surface area contributed by atoms with Crippen molar-refractivity contribution in [2.75, 3.05) is 0 Å². The van der Waals surface area contributed by atoms with Gasteiger partial charge in [-0.15, -0.1) is 0 Å². The number of hydrogen-bond donors (Lipinski definition) is 0. The molecule has 0 amide bonds. The molecule has 0 N–H and O–H groups in total. The van der Waals surface area contributed by atoms with Crippen LogP contribution in [-0.4, -0.2) is 3.21 Å². The Morgan fingerprint density at radius 2 is 0.750 bits per heavy atom. The van der Waals surface area contributed by atoms with Crippen LogP contribution in [0.25, 0.3) is 11.1 Å². The summed E-state index contributed by atoms with van der Waals surface area (Å²) in [7, 11) is 0. The number of alkyl halides is 12. The maximum absolute atomic E-state index is 14.4. The van der Waals surface area contributed by atoms with Crippen molar-refractivity contribution in [2.45, 2.75) is 84.3 Å². The van der Waals surface area contributed by atoms with Crippen molar-refractivity contribution in [3.05, 3.63) is 153 Å². The van der Waals surface area contributed by atoms with Gasteiger partial charge in [0, 0.05) is 0 Å². The molecule has 296 valence electrons. The fourth-order valence-corrected chi connectivity index (χ4v) is 16.6. The zero-order chi connectivity index (χ0) is 41.6. The minimum atomic E-state index is -5.35. The molecule has 0 spiro atoms. The first-order chi connectivity index (χ1) is 25.5. The number of halogens is 12. The first-order valence-electron chi connectivity index (χ1n) is 17.5. The Kier molecular flexibility index (Phi) is 10.5. The van der Waals surface area contributed by atoms with Gasteiger partial charge in [-0.3, -0.25) is 0 Å². The summed E-state index contributed by atoms with van der Waals surface area (Å²) in [5.74, 6) is 0. The quantitative estimate of drug-likeness (QED) is 0.179. The van der Waals surface area contributed by atoms with Gasteiger partial charge in [0.25, 0.3) is 0 Å². The molecule has 0 heterocycles. The first kappa shape index (κ1) is 41.9. The summed E-state index contributed by atoms with van der Waals surface area (Å²) in [4.78, 5) is 0. The minimum absolute atomic E-state index is 0.102. The normalized spacial score (nSPS) is 15.4. The molecular weight excluding hydrogens is 836 g/mol. The van der Waals surface area contributed by atoms with Gasteiger partial charge in [0.2, 0.25) is 0 Å². The van der Waals surface area contributed by atoms with E-state index < -0.39 is 86.6 Å². The van der Waals surface area contributed by atoms with E-state index in [1.165, 1.54) is 0 Å². The van der Waals surface area contributed by atoms with Gasteiger partial charge < -0.3 is 0 Å². The van der Waals surface area contributed by atoms with Crippen LogP contribution in [0, 0.1) is 0 Å². The van der Waals surface area contributed by atoms with E-state index in [4.69, 9.17) is 0 Å². The van der Waals surface area contributed by atoms with Crippen molar-refractivity contribution < 1.29 is 74.0 Å². The van der Waals surface area contributed by atoms with E-state index in [2.05, 4.69) is 0 Å². The van der Waals surface area contributed by atoms with Crippen molar-refractivity contribution in [3.8, 4) is 11.1 Å². The Hall–Kier alpha value is -3.73. The van der Waals surface area contributed by atoms with Crippen LogP contribution < -0.4 is 0 Å². The van der Waals surface area contributed by atoms with Crippen LogP contribution in [0.2, 0.25) is 3.63 Å². The molecule has 0 radical (unpaired) electrons. The standard InChI is InChI=1S/C21H25.C17H6F12.C5H5.Zr/c1-20(2,3)16-9-7-14-11-15-8-10-17(21(4,5)6)13-19(15)18(14)12-16;18-14(19,20)10-2-8(3-11(6-10)15(21,22)23)1-9-4-12(16(24,25)26)7-13(5-9)17(27,28)29;1-2-4-5-3-1;/h7-13H,1-6H3;2-7H;1-5H;. The van der Waals surface area contributed by atoms with Crippen molar-refractivity contribution in [1.82, 2.24) is 0 Å². The van der Waals surface area contributed by atoms with Crippen LogP contribution in [0.3, 0.4) is 0 Å². The third-order valence-corrected chi connectivity index (χ3v) is 18.8. The fraction of sp³-hybridized carbons (Fsp3) is 0.326. The number of benzene rings is 4. The molecule has 6 rings (SSSR count). The van der Waals surface area contributed by atoms with E-state index in [-0.39, 0.29) is 26.2 Å². The SMILES string of the molecule is CC(C)(C)c1ccc2c(c1)-c1cc(C(C)(C)C)ccc1[CH]2[Zr](=[C](c1cc(C(F)(F)F)cc(C(F)(F)F)c1)c1cc(C(F)(F)F)cc(C(F)(F)F)c1)[CH]1C=CC=C1. The fourth-order valence-electron chi connectivity index (χ4n) is 7.36. The van der Waals surface area contributed by atoms with Gasteiger partial charge in [0.05, 0.1) is 0 Å². The Morgan fingerprint density at radius 3 is 1.04 bits per heavy atom. The van der Waals surface area contributed by atoms with Gasteiger partial charge in [-0.2, -0.15) is 0 Å². The van der Waals surface area contributed by atoms with Gasteiger partial charge in [-0.25, -0.2) is 0 Å². The van der Waals surface area contributed by atoms with Crippen molar-refractivity contribution in [1.29, 1.82) is 0 Å². The number of fused-ring (bicyclic) bond motifs is 3. The predicted molar refractivity (Wildman–Crippen MR) is 189 cm³/mol. The summed E-state index contributed by atoms with van der Waals surface area (Å²) in [6.45, 7) is 12.0. The number of hydrogen-bond acceptors (Lipinski definition) is 0. The molecule has 0 bridgehead atoms. The van der Waals surface area contributed by atoms with Gasteiger partial charge in [0.1, 0.15) is 0 Å². The molecule has 0 aliphatic heterocycles. The van der Waals surface area contributed by atoms with Gasteiger partial charge in [-0.1, -0.05) is 0 Å². The van der Waals surface area contributed by atoms with E-state index >= 15 is 0 Å². The van der Waals surface area contributed by atoms with Crippen LogP contribution in [0.5, 0.6) is 0 Å². The second-order valence-electron chi connectivity index (χ2n) is 16.3. The van der Waals surface area contributed by atoms with E-state index in [0.29, 0.717) is 35.4 Å². The van der Waals surface area contributed by atoms with Crippen LogP contribution in [0.4, 0.5) is 52.7 Å². The molecular formula is C43H36F12Zr. The Morgan fingerprint density at radius 1 is 0.429 bits per heavy atom. The summed E-state index contributed by atoms with van der Waals surface area (Å²) in [5.41, 5.74) is -4.48. The summed E-state index contributed by atoms with van der Waals surface area (Å²) in [5, 5.41) is 0. The first-order valence-corrected chi connectivity index (χ1v) is 21.6. The van der Waals surface area contributed by atoms with Crippen LogP contribution >= 0.6 is 0 Å². The zero-order valence-corrected chi connectivity index (χ0v) is 33.4. The summed E-state index contributed by atoms with van der Waals surface area (Å²) >= 11 is -4.44.